The minimum Gasteiger partial charge on any atom is -0.482 e. The number of hydrogen-bond donors (Lipinski definition) is 0. The van der Waals surface area contributed by atoms with E-state index in [2.05, 4.69) is 15.9 Å². The van der Waals surface area contributed by atoms with E-state index in [1.165, 1.54) is 0 Å². The van der Waals surface area contributed by atoms with Crippen molar-refractivity contribution in [1.82, 2.24) is 0 Å². The van der Waals surface area contributed by atoms with Gasteiger partial charge in [-0.2, -0.15) is 0 Å². The highest BCUT2D eigenvalue weighted by Gasteiger charge is 2.17. The summed E-state index contributed by atoms with van der Waals surface area (Å²) in [4.78, 5) is 12.3. The molecule has 2 aromatic carbocycles. The van der Waals surface area contributed by atoms with Crippen molar-refractivity contribution < 1.29 is 9.53 Å². The van der Waals surface area contributed by atoms with Gasteiger partial charge in [0.05, 0.1) is 0 Å². The fourth-order valence-corrected chi connectivity index (χ4v) is 2.42. The van der Waals surface area contributed by atoms with E-state index in [1.807, 2.05) is 56.3 Å². The van der Waals surface area contributed by atoms with Crippen LogP contribution in [0.25, 0.3) is 0 Å². The first-order chi connectivity index (χ1) is 9.47. The lowest BCUT2D eigenvalue weighted by atomic mass is 10.1. The van der Waals surface area contributed by atoms with Crippen LogP contribution in [0.5, 0.6) is 5.75 Å². The van der Waals surface area contributed by atoms with Crippen molar-refractivity contribution >= 4 is 21.7 Å². The summed E-state index contributed by atoms with van der Waals surface area (Å²) >= 11 is 3.41. The summed E-state index contributed by atoms with van der Waals surface area (Å²) in [7, 11) is 0. The Morgan fingerprint density at radius 1 is 1.10 bits per heavy atom. The van der Waals surface area contributed by atoms with Gasteiger partial charge >= 0.3 is 0 Å². The molecule has 104 valence electrons. The number of benzene rings is 2. The van der Waals surface area contributed by atoms with Gasteiger partial charge in [0.15, 0.2) is 6.10 Å². The molecular weight excluding hydrogens is 316 g/mol. The Morgan fingerprint density at radius 3 is 2.35 bits per heavy atom. The molecule has 0 aliphatic heterocycles. The quantitative estimate of drug-likeness (QED) is 0.757. The van der Waals surface area contributed by atoms with Crippen LogP contribution in [0.3, 0.4) is 0 Å². The lowest BCUT2D eigenvalue weighted by Crippen LogP contribution is -2.24. The number of ketones is 1. The van der Waals surface area contributed by atoms with Crippen molar-refractivity contribution in [2.75, 3.05) is 0 Å². The molecular formula is C17H17BrO2. The van der Waals surface area contributed by atoms with E-state index >= 15 is 0 Å². The number of hydrogen-bond acceptors (Lipinski definition) is 2. The van der Waals surface area contributed by atoms with Gasteiger partial charge < -0.3 is 4.74 Å². The number of halogens is 1. The molecule has 20 heavy (non-hydrogen) atoms. The highest BCUT2D eigenvalue weighted by atomic mass is 79.9. The third kappa shape index (κ3) is 3.48. The van der Waals surface area contributed by atoms with Crippen LogP contribution in [0.1, 0.15) is 28.4 Å². The smallest absolute Gasteiger partial charge is 0.202 e. The van der Waals surface area contributed by atoms with Gasteiger partial charge in [-0.05, 0) is 44.5 Å². The van der Waals surface area contributed by atoms with Crippen LogP contribution in [-0.2, 0) is 0 Å². The number of aryl methyl sites for hydroxylation is 2. The largest absolute Gasteiger partial charge is 0.482 e. The van der Waals surface area contributed by atoms with Gasteiger partial charge in [-0.1, -0.05) is 45.8 Å². The zero-order chi connectivity index (χ0) is 14.7. The maximum Gasteiger partial charge on any atom is 0.202 e. The van der Waals surface area contributed by atoms with Crippen molar-refractivity contribution in [1.29, 1.82) is 0 Å². The molecule has 2 nitrogen and oxygen atoms in total. The summed E-state index contributed by atoms with van der Waals surface area (Å²) in [6.07, 6.45) is -0.502. The third-order valence-electron chi connectivity index (χ3n) is 3.15. The summed E-state index contributed by atoms with van der Waals surface area (Å²) in [6, 6.07) is 13.3. The lowest BCUT2D eigenvalue weighted by molar-refractivity contribution is 0.0817. The molecule has 0 aromatic heterocycles. The molecule has 2 rings (SSSR count). The summed E-state index contributed by atoms with van der Waals surface area (Å²) in [6.45, 7) is 5.74. The SMILES string of the molecule is Cc1ccc(C(=O)C(C)Oc2ccc(Br)cc2C)cc1. The Morgan fingerprint density at radius 2 is 1.75 bits per heavy atom. The van der Waals surface area contributed by atoms with E-state index < -0.39 is 6.10 Å². The zero-order valence-electron chi connectivity index (χ0n) is 11.8. The van der Waals surface area contributed by atoms with Gasteiger partial charge in [-0.3, -0.25) is 4.79 Å². The van der Waals surface area contributed by atoms with Crippen molar-refractivity contribution in [3.8, 4) is 5.75 Å². The molecule has 1 unspecified atom stereocenters. The molecule has 0 heterocycles. The average Bonchev–Trinajstić information content (AvgIpc) is 2.42. The summed E-state index contributed by atoms with van der Waals surface area (Å²) in [5.74, 6) is 0.730. The Balaban J connectivity index is 2.13. The second kappa shape index (κ2) is 6.23. The fourth-order valence-electron chi connectivity index (χ4n) is 1.94. The Labute approximate surface area is 127 Å². The average molecular weight is 333 g/mol. The zero-order valence-corrected chi connectivity index (χ0v) is 13.4. The van der Waals surface area contributed by atoms with Crippen molar-refractivity contribution in [2.24, 2.45) is 0 Å². The van der Waals surface area contributed by atoms with Crippen LogP contribution in [0.15, 0.2) is 46.9 Å². The molecule has 0 aliphatic carbocycles. The highest BCUT2D eigenvalue weighted by Crippen LogP contribution is 2.23. The lowest BCUT2D eigenvalue weighted by Gasteiger charge is -2.15. The molecule has 0 bridgehead atoms. The maximum absolute atomic E-state index is 12.3. The molecule has 0 spiro atoms. The first-order valence-electron chi connectivity index (χ1n) is 6.51. The summed E-state index contributed by atoms with van der Waals surface area (Å²) in [5, 5.41) is 0. The van der Waals surface area contributed by atoms with Crippen LogP contribution in [0, 0.1) is 13.8 Å². The van der Waals surface area contributed by atoms with Crippen molar-refractivity contribution in [3.63, 3.8) is 0 Å². The molecule has 0 N–H and O–H groups in total. The number of rotatable bonds is 4. The Hall–Kier alpha value is -1.61. The predicted molar refractivity (Wildman–Crippen MR) is 84.5 cm³/mol. The van der Waals surface area contributed by atoms with E-state index in [1.54, 1.807) is 6.92 Å². The van der Waals surface area contributed by atoms with E-state index in [0.29, 0.717) is 5.56 Å². The number of carbonyl (C=O) groups is 1. The molecule has 2 aromatic rings. The van der Waals surface area contributed by atoms with E-state index in [0.717, 1.165) is 21.3 Å². The fraction of sp³-hybridized carbons (Fsp3) is 0.235. The van der Waals surface area contributed by atoms with Crippen LogP contribution >= 0.6 is 15.9 Å². The second-order valence-corrected chi connectivity index (χ2v) is 5.82. The standard InChI is InChI=1S/C17H17BrO2/c1-11-4-6-14(7-5-11)17(19)13(3)20-16-9-8-15(18)10-12(16)2/h4-10,13H,1-3H3. The maximum atomic E-state index is 12.3. The van der Waals surface area contributed by atoms with E-state index in [4.69, 9.17) is 4.74 Å². The third-order valence-corrected chi connectivity index (χ3v) is 3.64. The summed E-state index contributed by atoms with van der Waals surface area (Å²) in [5.41, 5.74) is 2.82. The molecule has 0 aliphatic rings. The van der Waals surface area contributed by atoms with Gasteiger partial charge in [0.2, 0.25) is 5.78 Å². The van der Waals surface area contributed by atoms with Crippen LogP contribution in [0.2, 0.25) is 0 Å². The first-order valence-corrected chi connectivity index (χ1v) is 7.30. The molecule has 0 radical (unpaired) electrons. The molecule has 0 saturated heterocycles. The number of carbonyl (C=O) groups excluding carboxylic acids is 1. The predicted octanol–water partition coefficient (Wildman–Crippen LogP) is 4.72. The summed E-state index contributed by atoms with van der Waals surface area (Å²) < 4.78 is 6.78. The van der Waals surface area contributed by atoms with Gasteiger partial charge in [-0.15, -0.1) is 0 Å². The van der Waals surface area contributed by atoms with Crippen molar-refractivity contribution in [2.45, 2.75) is 26.9 Å². The Kier molecular flexibility index (Phi) is 4.61. The topological polar surface area (TPSA) is 26.3 Å². The Bertz CT molecular complexity index is 617. The first kappa shape index (κ1) is 14.8. The van der Waals surface area contributed by atoms with Crippen LogP contribution < -0.4 is 4.74 Å². The normalized spacial score (nSPS) is 12.0. The van der Waals surface area contributed by atoms with Crippen molar-refractivity contribution in [3.05, 3.63) is 63.6 Å². The van der Waals surface area contributed by atoms with Gasteiger partial charge in [-0.25, -0.2) is 0 Å². The second-order valence-electron chi connectivity index (χ2n) is 4.90. The van der Waals surface area contributed by atoms with E-state index in [9.17, 15) is 4.79 Å². The van der Waals surface area contributed by atoms with Crippen LogP contribution in [-0.4, -0.2) is 11.9 Å². The van der Waals surface area contributed by atoms with E-state index in [-0.39, 0.29) is 5.78 Å². The molecule has 1 atom stereocenters. The molecule has 0 fully saturated rings. The number of ether oxygens (including phenoxy) is 1. The molecule has 0 amide bonds. The minimum absolute atomic E-state index is 0.00711. The molecule has 3 heteroatoms. The minimum atomic E-state index is -0.502. The van der Waals surface area contributed by atoms with Crippen LogP contribution in [0.4, 0.5) is 0 Å². The monoisotopic (exact) mass is 332 g/mol. The van der Waals surface area contributed by atoms with Gasteiger partial charge in [0, 0.05) is 10.0 Å². The highest BCUT2D eigenvalue weighted by molar-refractivity contribution is 9.10. The molecule has 0 saturated carbocycles. The van der Waals surface area contributed by atoms with Gasteiger partial charge in [0.1, 0.15) is 5.75 Å². The van der Waals surface area contributed by atoms with Gasteiger partial charge in [0.25, 0.3) is 0 Å². The number of Topliss-reactive ketones (excluding diaryl/α,β-unsaturated/α-hetero) is 1.